The molecule has 0 radical (unpaired) electrons. The number of ether oxygens (including phenoxy) is 1. The van der Waals surface area contributed by atoms with Gasteiger partial charge in [-0.15, -0.1) is 0 Å². The molecule has 0 bridgehead atoms. The monoisotopic (exact) mass is 470 g/mol. The van der Waals surface area contributed by atoms with Crippen LogP contribution >= 0.6 is 23.2 Å². The zero-order valence-electron chi connectivity index (χ0n) is 15.0. The van der Waals surface area contributed by atoms with Crippen molar-refractivity contribution in [1.82, 2.24) is 4.72 Å². The van der Waals surface area contributed by atoms with Crippen molar-refractivity contribution in [2.45, 2.75) is 24.0 Å². The molecule has 158 valence electrons. The zero-order chi connectivity index (χ0) is 22.0. The predicted molar refractivity (Wildman–Crippen MR) is 103 cm³/mol. The van der Waals surface area contributed by atoms with Crippen LogP contribution in [-0.4, -0.2) is 27.5 Å². The zero-order valence-corrected chi connectivity index (χ0v) is 17.3. The van der Waals surface area contributed by atoms with Crippen LogP contribution < -0.4 is 14.8 Å². The maximum Gasteiger partial charge on any atom is 0.418 e. The molecule has 1 atom stereocenters. The summed E-state index contributed by atoms with van der Waals surface area (Å²) >= 11 is 11.4. The van der Waals surface area contributed by atoms with Crippen molar-refractivity contribution < 1.29 is 31.1 Å². The number of methoxy groups -OCH3 is 1. The number of hydrogen-bond donors (Lipinski definition) is 2. The first-order valence-corrected chi connectivity index (χ1v) is 10.1. The van der Waals surface area contributed by atoms with E-state index in [2.05, 4.69) is 10.0 Å². The average molecular weight is 471 g/mol. The maximum absolute atomic E-state index is 13.1. The van der Waals surface area contributed by atoms with Gasteiger partial charge in [0.2, 0.25) is 15.9 Å². The average Bonchev–Trinajstić information content (AvgIpc) is 2.61. The van der Waals surface area contributed by atoms with Crippen molar-refractivity contribution in [2.75, 3.05) is 12.4 Å². The van der Waals surface area contributed by atoms with Crippen LogP contribution in [0, 0.1) is 0 Å². The van der Waals surface area contributed by atoms with E-state index in [1.54, 1.807) is 0 Å². The topological polar surface area (TPSA) is 84.5 Å². The van der Waals surface area contributed by atoms with Crippen LogP contribution in [0.2, 0.25) is 10.0 Å². The second kappa shape index (κ2) is 8.78. The van der Waals surface area contributed by atoms with Crippen molar-refractivity contribution in [3.8, 4) is 5.75 Å². The van der Waals surface area contributed by atoms with Gasteiger partial charge < -0.3 is 10.1 Å². The van der Waals surface area contributed by atoms with E-state index in [0.29, 0.717) is 6.07 Å². The van der Waals surface area contributed by atoms with Crippen LogP contribution in [0.15, 0.2) is 41.3 Å². The Morgan fingerprint density at radius 3 is 2.28 bits per heavy atom. The van der Waals surface area contributed by atoms with Crippen molar-refractivity contribution in [1.29, 1.82) is 0 Å². The van der Waals surface area contributed by atoms with Gasteiger partial charge in [0.25, 0.3) is 0 Å². The number of carbonyl (C=O) groups is 1. The largest absolute Gasteiger partial charge is 0.495 e. The fourth-order valence-corrected chi connectivity index (χ4v) is 4.12. The Balaban J connectivity index is 2.25. The Kier molecular flexibility index (Phi) is 7.05. The molecule has 2 aromatic rings. The minimum atomic E-state index is -4.77. The molecule has 6 nitrogen and oxygen atoms in total. The number of rotatable bonds is 6. The summed E-state index contributed by atoms with van der Waals surface area (Å²) in [6, 6.07) is 5.24. The number of halogens is 5. The second-order valence-corrected chi connectivity index (χ2v) is 8.37. The first-order chi connectivity index (χ1) is 13.3. The summed E-state index contributed by atoms with van der Waals surface area (Å²) in [5.41, 5.74) is -1.72. The first-order valence-electron chi connectivity index (χ1n) is 7.88. The molecule has 0 aliphatic carbocycles. The molecule has 2 aromatic carbocycles. The van der Waals surface area contributed by atoms with E-state index >= 15 is 0 Å². The standard InChI is InChI=1S/C17H15Cl2F3N2O4S/c1-9(24-29(26,27)15-8-11(19)4-6-14(15)28-2)16(25)23-13-5-3-10(18)7-12(13)17(20,21)22/h3-9,24H,1-2H3,(H,23,25)/t9-/m1/s1. The lowest BCUT2D eigenvalue weighted by atomic mass is 10.1. The van der Waals surface area contributed by atoms with E-state index in [-0.39, 0.29) is 20.7 Å². The molecular weight excluding hydrogens is 456 g/mol. The summed E-state index contributed by atoms with van der Waals surface area (Å²) in [7, 11) is -3.02. The lowest BCUT2D eigenvalue weighted by Crippen LogP contribution is -2.41. The van der Waals surface area contributed by atoms with Gasteiger partial charge in [0.05, 0.1) is 24.4 Å². The van der Waals surface area contributed by atoms with Crippen molar-refractivity contribution in [2.24, 2.45) is 0 Å². The quantitative estimate of drug-likeness (QED) is 0.657. The summed E-state index contributed by atoms with van der Waals surface area (Å²) in [6.07, 6.45) is -4.77. The maximum atomic E-state index is 13.1. The van der Waals surface area contributed by atoms with Gasteiger partial charge >= 0.3 is 6.18 Å². The Labute approximate surface area is 175 Å². The summed E-state index contributed by atoms with van der Waals surface area (Å²) in [4.78, 5) is 12.0. The number of sulfonamides is 1. The fraction of sp³-hybridized carbons (Fsp3) is 0.235. The molecule has 0 spiro atoms. The molecule has 0 saturated carbocycles. The SMILES string of the molecule is COc1ccc(Cl)cc1S(=O)(=O)N[C@H](C)C(=O)Nc1ccc(Cl)cc1C(F)(F)F. The first kappa shape index (κ1) is 23.3. The molecule has 0 unspecified atom stereocenters. The van der Waals surface area contributed by atoms with Gasteiger partial charge in [-0.2, -0.15) is 17.9 Å². The smallest absolute Gasteiger partial charge is 0.418 e. The highest BCUT2D eigenvalue weighted by Gasteiger charge is 2.35. The lowest BCUT2D eigenvalue weighted by Gasteiger charge is -2.18. The third kappa shape index (κ3) is 5.75. The van der Waals surface area contributed by atoms with Gasteiger partial charge in [0.15, 0.2) is 0 Å². The van der Waals surface area contributed by atoms with Crippen LogP contribution in [0.1, 0.15) is 12.5 Å². The summed E-state index contributed by atoms with van der Waals surface area (Å²) in [5.74, 6) is -1.03. The van der Waals surface area contributed by atoms with Gasteiger partial charge in [-0.25, -0.2) is 8.42 Å². The fourth-order valence-electron chi connectivity index (χ4n) is 2.31. The number of anilines is 1. The molecule has 29 heavy (non-hydrogen) atoms. The Bertz CT molecular complexity index is 1030. The van der Waals surface area contributed by atoms with E-state index in [1.807, 2.05) is 0 Å². The Morgan fingerprint density at radius 1 is 1.10 bits per heavy atom. The van der Waals surface area contributed by atoms with E-state index in [9.17, 15) is 26.4 Å². The predicted octanol–water partition coefficient (Wildman–Crippen LogP) is 4.33. The molecule has 0 fully saturated rings. The molecule has 0 aromatic heterocycles. The highest BCUT2D eigenvalue weighted by molar-refractivity contribution is 7.89. The molecule has 2 rings (SSSR count). The number of alkyl halides is 3. The number of nitrogens with one attached hydrogen (secondary N) is 2. The molecule has 12 heteroatoms. The minimum Gasteiger partial charge on any atom is -0.495 e. The molecule has 0 heterocycles. The minimum absolute atomic E-state index is 0.0217. The molecule has 2 N–H and O–H groups in total. The van der Waals surface area contributed by atoms with Crippen LogP contribution in [0.3, 0.4) is 0 Å². The van der Waals surface area contributed by atoms with Gasteiger partial charge in [0, 0.05) is 10.0 Å². The number of carbonyl (C=O) groups excluding carboxylic acids is 1. The Hall–Kier alpha value is -2.01. The van der Waals surface area contributed by atoms with Crippen LogP contribution in [0.4, 0.5) is 18.9 Å². The van der Waals surface area contributed by atoms with Gasteiger partial charge in [-0.1, -0.05) is 23.2 Å². The Morgan fingerprint density at radius 2 is 1.69 bits per heavy atom. The van der Waals surface area contributed by atoms with E-state index < -0.39 is 39.4 Å². The van der Waals surface area contributed by atoms with E-state index in [4.69, 9.17) is 27.9 Å². The molecule has 0 saturated heterocycles. The van der Waals surface area contributed by atoms with Crippen LogP contribution in [0.25, 0.3) is 0 Å². The van der Waals surface area contributed by atoms with E-state index in [0.717, 1.165) is 18.2 Å². The molecule has 0 aliphatic rings. The third-order valence-corrected chi connectivity index (χ3v) is 5.72. The van der Waals surface area contributed by atoms with Gasteiger partial charge in [0.1, 0.15) is 10.6 Å². The lowest BCUT2D eigenvalue weighted by molar-refractivity contribution is -0.137. The van der Waals surface area contributed by atoms with Crippen LogP contribution in [0.5, 0.6) is 5.75 Å². The van der Waals surface area contributed by atoms with Crippen LogP contribution in [-0.2, 0) is 21.0 Å². The number of benzene rings is 2. The van der Waals surface area contributed by atoms with Gasteiger partial charge in [-0.05, 0) is 43.3 Å². The molecule has 1 amide bonds. The summed E-state index contributed by atoms with van der Waals surface area (Å²) < 4.78 is 71.6. The highest BCUT2D eigenvalue weighted by atomic mass is 35.5. The van der Waals surface area contributed by atoms with Crippen molar-refractivity contribution >= 4 is 44.8 Å². The second-order valence-electron chi connectivity index (χ2n) is 5.82. The number of hydrogen-bond acceptors (Lipinski definition) is 4. The third-order valence-electron chi connectivity index (χ3n) is 3.69. The normalized spacial score (nSPS) is 13.1. The highest BCUT2D eigenvalue weighted by Crippen LogP contribution is 2.36. The van der Waals surface area contributed by atoms with Gasteiger partial charge in [-0.3, -0.25) is 4.79 Å². The van der Waals surface area contributed by atoms with Crippen molar-refractivity contribution in [3.05, 3.63) is 52.0 Å². The summed E-state index contributed by atoms with van der Waals surface area (Å²) in [5, 5.41) is 2.00. The summed E-state index contributed by atoms with van der Waals surface area (Å²) in [6.45, 7) is 1.17. The van der Waals surface area contributed by atoms with Crippen molar-refractivity contribution in [3.63, 3.8) is 0 Å². The molecular formula is C17H15Cl2F3N2O4S. The number of amides is 1. The van der Waals surface area contributed by atoms with E-state index in [1.165, 1.54) is 26.2 Å². The molecule has 0 aliphatic heterocycles.